The number of rotatable bonds is 4. The largest absolute Gasteiger partial charge is 0.298 e. The number of anilines is 1. The zero-order chi connectivity index (χ0) is 18.9. The number of carbonyl (C=O) groups is 1. The third-order valence-corrected chi connectivity index (χ3v) is 5.71. The number of aromatic nitrogens is 1. The Bertz CT molecular complexity index is 1070. The quantitative estimate of drug-likeness (QED) is 0.733. The average molecular weight is 390 g/mol. The van der Waals surface area contributed by atoms with Crippen LogP contribution in [0.2, 0.25) is 0 Å². The molecule has 0 aliphatic carbocycles. The Hall–Kier alpha value is -2.58. The summed E-state index contributed by atoms with van der Waals surface area (Å²) in [5, 5.41) is 2.99. The topological polar surface area (TPSA) is 76.1 Å². The summed E-state index contributed by atoms with van der Waals surface area (Å²) in [6.07, 6.45) is 1.05. The third kappa shape index (κ3) is 3.81. The monoisotopic (exact) mass is 390 g/mol. The maximum atomic E-state index is 13.1. The van der Waals surface area contributed by atoms with Crippen molar-refractivity contribution in [2.75, 3.05) is 11.6 Å². The molecule has 2 aromatic carbocycles. The van der Waals surface area contributed by atoms with Gasteiger partial charge in [0.25, 0.3) is 5.91 Å². The first-order chi connectivity index (χ1) is 12.3. The number of halogens is 1. The summed E-state index contributed by atoms with van der Waals surface area (Å²) in [6, 6.07) is 11.9. The smallest absolute Gasteiger partial charge is 0.258 e. The number of thiazole rings is 1. The lowest BCUT2D eigenvalue weighted by molar-refractivity contribution is 0.102. The van der Waals surface area contributed by atoms with Gasteiger partial charge in [-0.25, -0.2) is 17.8 Å². The lowest BCUT2D eigenvalue weighted by Gasteiger charge is -2.07. The minimum Gasteiger partial charge on any atom is -0.298 e. The number of sulfone groups is 1. The Morgan fingerprint density at radius 3 is 2.42 bits per heavy atom. The molecule has 3 aromatic rings. The van der Waals surface area contributed by atoms with Gasteiger partial charge in [-0.05, 0) is 43.3 Å². The predicted octanol–water partition coefficient (Wildman–Crippen LogP) is 3.91. The fraction of sp³-hybridized carbons (Fsp3) is 0.111. The van der Waals surface area contributed by atoms with E-state index in [0.717, 1.165) is 16.7 Å². The minimum atomic E-state index is -3.53. The summed E-state index contributed by atoms with van der Waals surface area (Å²) in [7, 11) is -3.53. The van der Waals surface area contributed by atoms with Gasteiger partial charge in [-0.2, -0.15) is 0 Å². The van der Waals surface area contributed by atoms with Gasteiger partial charge in [0.2, 0.25) is 0 Å². The highest BCUT2D eigenvalue weighted by Crippen LogP contribution is 2.31. The van der Waals surface area contributed by atoms with E-state index in [1.807, 2.05) is 6.92 Å². The zero-order valence-corrected chi connectivity index (χ0v) is 15.6. The lowest BCUT2D eigenvalue weighted by Crippen LogP contribution is -2.15. The van der Waals surface area contributed by atoms with Gasteiger partial charge in [0.05, 0.1) is 16.2 Å². The minimum absolute atomic E-state index is 0.0375. The summed E-state index contributed by atoms with van der Waals surface area (Å²) < 4.78 is 36.8. The van der Waals surface area contributed by atoms with Crippen LogP contribution in [0.5, 0.6) is 0 Å². The van der Waals surface area contributed by atoms with Gasteiger partial charge in [0.15, 0.2) is 15.0 Å². The molecule has 26 heavy (non-hydrogen) atoms. The molecular weight excluding hydrogens is 375 g/mol. The van der Waals surface area contributed by atoms with Gasteiger partial charge in [-0.3, -0.25) is 10.1 Å². The molecule has 0 unspecified atom stereocenters. The second kappa shape index (κ2) is 6.97. The molecule has 3 rings (SSSR count). The molecule has 0 saturated carbocycles. The highest BCUT2D eigenvalue weighted by atomic mass is 32.2. The van der Waals surface area contributed by atoms with Crippen LogP contribution in [0, 0.1) is 12.7 Å². The van der Waals surface area contributed by atoms with E-state index in [1.54, 1.807) is 24.3 Å². The fourth-order valence-electron chi connectivity index (χ4n) is 2.47. The Labute approximate surface area is 154 Å². The molecule has 0 aliphatic rings. The summed E-state index contributed by atoms with van der Waals surface area (Å²) in [4.78, 5) is 17.7. The Balaban J connectivity index is 1.90. The number of aryl methyl sites for hydroxylation is 1. The maximum absolute atomic E-state index is 13.1. The molecule has 1 aromatic heterocycles. The van der Waals surface area contributed by atoms with Crippen molar-refractivity contribution < 1.29 is 17.6 Å². The molecule has 0 aliphatic heterocycles. The summed E-state index contributed by atoms with van der Waals surface area (Å²) in [5.74, 6) is -0.891. The molecule has 0 spiro atoms. The number of hydrogen-bond donors (Lipinski definition) is 1. The first-order valence-electron chi connectivity index (χ1n) is 7.59. The Morgan fingerprint density at radius 1 is 1.12 bits per heavy atom. The van der Waals surface area contributed by atoms with E-state index in [9.17, 15) is 17.6 Å². The number of nitrogens with one attached hydrogen (secondary N) is 1. The van der Waals surface area contributed by atoms with Crippen molar-refractivity contribution in [2.24, 2.45) is 0 Å². The van der Waals surface area contributed by atoms with Gasteiger partial charge in [0.1, 0.15) is 5.82 Å². The SMILES string of the molecule is Cc1sc(NC(=O)c2ccccc2S(C)(=O)=O)nc1-c1ccc(F)cc1. The van der Waals surface area contributed by atoms with E-state index in [0.29, 0.717) is 10.8 Å². The molecule has 0 bridgehead atoms. The van der Waals surface area contributed by atoms with Crippen molar-refractivity contribution in [1.82, 2.24) is 4.98 Å². The van der Waals surface area contributed by atoms with Crippen LogP contribution in [0.4, 0.5) is 9.52 Å². The van der Waals surface area contributed by atoms with Crippen LogP contribution in [0.15, 0.2) is 53.4 Å². The second-order valence-corrected chi connectivity index (χ2v) is 8.84. The first kappa shape index (κ1) is 18.2. The van der Waals surface area contributed by atoms with E-state index in [2.05, 4.69) is 10.3 Å². The average Bonchev–Trinajstić information content (AvgIpc) is 2.95. The van der Waals surface area contributed by atoms with Gasteiger partial charge in [0, 0.05) is 16.7 Å². The van der Waals surface area contributed by atoms with Crippen molar-refractivity contribution in [3.8, 4) is 11.3 Å². The zero-order valence-electron chi connectivity index (χ0n) is 14.0. The number of nitrogens with zero attached hydrogens (tertiary/aromatic N) is 1. The third-order valence-electron chi connectivity index (χ3n) is 3.67. The number of amides is 1. The lowest BCUT2D eigenvalue weighted by atomic mass is 10.1. The van der Waals surface area contributed by atoms with E-state index >= 15 is 0 Å². The molecule has 0 saturated heterocycles. The van der Waals surface area contributed by atoms with Crippen molar-refractivity contribution in [1.29, 1.82) is 0 Å². The molecule has 5 nitrogen and oxygen atoms in total. The molecule has 1 amide bonds. The van der Waals surface area contributed by atoms with Crippen LogP contribution >= 0.6 is 11.3 Å². The Morgan fingerprint density at radius 2 is 1.77 bits per heavy atom. The standard InChI is InChI=1S/C18H15FN2O3S2/c1-11-16(12-7-9-13(19)10-8-12)20-18(25-11)21-17(22)14-5-3-4-6-15(14)26(2,23)24/h3-10H,1-2H3,(H,20,21,22). The van der Waals surface area contributed by atoms with Gasteiger partial charge < -0.3 is 0 Å². The first-order valence-corrected chi connectivity index (χ1v) is 10.3. The van der Waals surface area contributed by atoms with Crippen LogP contribution < -0.4 is 5.32 Å². The molecule has 1 heterocycles. The van der Waals surface area contributed by atoms with Crippen LogP contribution in [0.3, 0.4) is 0 Å². The van der Waals surface area contributed by atoms with Crippen LogP contribution in [0.25, 0.3) is 11.3 Å². The van der Waals surface area contributed by atoms with Crippen molar-refractivity contribution >= 4 is 32.2 Å². The molecule has 0 radical (unpaired) electrons. The molecule has 0 atom stereocenters. The summed E-state index contributed by atoms with van der Waals surface area (Å²) in [6.45, 7) is 1.84. The van der Waals surface area contributed by atoms with E-state index in [-0.39, 0.29) is 16.3 Å². The van der Waals surface area contributed by atoms with Crippen LogP contribution in [0.1, 0.15) is 15.2 Å². The van der Waals surface area contributed by atoms with E-state index in [1.165, 1.54) is 35.6 Å². The number of benzene rings is 2. The normalized spacial score (nSPS) is 11.3. The number of carbonyl (C=O) groups excluding carboxylic acids is 1. The van der Waals surface area contributed by atoms with Gasteiger partial charge >= 0.3 is 0 Å². The van der Waals surface area contributed by atoms with Crippen LogP contribution in [-0.2, 0) is 9.84 Å². The molecule has 0 fully saturated rings. The highest BCUT2D eigenvalue weighted by Gasteiger charge is 2.20. The van der Waals surface area contributed by atoms with Crippen LogP contribution in [-0.4, -0.2) is 25.6 Å². The van der Waals surface area contributed by atoms with E-state index in [4.69, 9.17) is 0 Å². The fourth-order valence-corrected chi connectivity index (χ4v) is 4.18. The second-order valence-electron chi connectivity index (χ2n) is 5.65. The molecule has 1 N–H and O–H groups in total. The maximum Gasteiger partial charge on any atom is 0.258 e. The van der Waals surface area contributed by atoms with Gasteiger partial charge in [-0.15, -0.1) is 11.3 Å². The van der Waals surface area contributed by atoms with Crippen molar-refractivity contribution in [3.63, 3.8) is 0 Å². The van der Waals surface area contributed by atoms with E-state index < -0.39 is 15.7 Å². The molecular formula is C18H15FN2O3S2. The Kier molecular flexibility index (Phi) is 4.88. The highest BCUT2D eigenvalue weighted by molar-refractivity contribution is 7.90. The van der Waals surface area contributed by atoms with Gasteiger partial charge in [-0.1, -0.05) is 12.1 Å². The van der Waals surface area contributed by atoms with Crippen molar-refractivity contribution in [3.05, 3.63) is 64.8 Å². The number of hydrogen-bond acceptors (Lipinski definition) is 5. The molecule has 8 heteroatoms. The summed E-state index contributed by atoms with van der Waals surface area (Å²) in [5.41, 5.74) is 1.44. The molecule has 134 valence electrons. The van der Waals surface area contributed by atoms with Crippen molar-refractivity contribution in [2.45, 2.75) is 11.8 Å². The predicted molar refractivity (Wildman–Crippen MR) is 99.8 cm³/mol. The summed E-state index contributed by atoms with van der Waals surface area (Å²) >= 11 is 1.26.